The lowest BCUT2D eigenvalue weighted by Gasteiger charge is -2.35. The molecule has 0 aliphatic carbocycles. The second-order valence-electron chi connectivity index (χ2n) is 5.18. The van der Waals surface area contributed by atoms with Gasteiger partial charge in [0.15, 0.2) is 0 Å². The Morgan fingerprint density at radius 1 is 1.44 bits per heavy atom. The predicted molar refractivity (Wildman–Crippen MR) is 73.5 cm³/mol. The third-order valence-corrected chi connectivity index (χ3v) is 3.93. The van der Waals surface area contributed by atoms with E-state index in [0.717, 1.165) is 37.7 Å². The Kier molecular flexibility index (Phi) is 4.80. The van der Waals surface area contributed by atoms with Crippen LogP contribution in [0.4, 0.5) is 0 Å². The van der Waals surface area contributed by atoms with Crippen LogP contribution in [0.25, 0.3) is 0 Å². The van der Waals surface area contributed by atoms with E-state index in [1.807, 2.05) is 20.0 Å². The summed E-state index contributed by atoms with van der Waals surface area (Å²) in [6.07, 6.45) is 2.43. The molecule has 2 heterocycles. The monoisotopic (exact) mass is 251 g/mol. The molecule has 0 saturated carbocycles. The van der Waals surface area contributed by atoms with Crippen molar-refractivity contribution in [3.8, 4) is 0 Å². The first kappa shape index (κ1) is 13.6. The van der Waals surface area contributed by atoms with Crippen molar-refractivity contribution >= 4 is 0 Å². The third-order valence-electron chi connectivity index (χ3n) is 3.93. The Morgan fingerprint density at radius 3 is 2.67 bits per heavy atom. The molecule has 4 nitrogen and oxygen atoms in total. The van der Waals surface area contributed by atoms with E-state index in [1.165, 1.54) is 12.8 Å². The van der Waals surface area contributed by atoms with Gasteiger partial charge in [-0.3, -0.25) is 0 Å². The molecule has 2 rings (SSSR count). The van der Waals surface area contributed by atoms with Gasteiger partial charge in [0.1, 0.15) is 11.5 Å². The van der Waals surface area contributed by atoms with Gasteiger partial charge in [0.05, 0.1) is 6.04 Å². The summed E-state index contributed by atoms with van der Waals surface area (Å²) in [5, 5.41) is 3.41. The Labute approximate surface area is 110 Å². The van der Waals surface area contributed by atoms with Crippen LogP contribution in [0, 0.1) is 12.8 Å². The maximum atomic E-state index is 5.77. The van der Waals surface area contributed by atoms with Crippen LogP contribution in [0.2, 0.25) is 0 Å². The van der Waals surface area contributed by atoms with Gasteiger partial charge in [0.2, 0.25) is 0 Å². The van der Waals surface area contributed by atoms with Gasteiger partial charge in [-0.2, -0.15) is 0 Å². The summed E-state index contributed by atoms with van der Waals surface area (Å²) in [6.45, 7) is 6.09. The molecule has 0 spiro atoms. The number of rotatable bonds is 5. The smallest absolute Gasteiger partial charge is 0.121 e. The van der Waals surface area contributed by atoms with Gasteiger partial charge in [-0.25, -0.2) is 0 Å². The van der Waals surface area contributed by atoms with E-state index < -0.39 is 0 Å². The average molecular weight is 251 g/mol. The summed E-state index contributed by atoms with van der Waals surface area (Å²) in [7, 11) is 2.02. The van der Waals surface area contributed by atoms with Gasteiger partial charge < -0.3 is 20.4 Å². The maximum absolute atomic E-state index is 5.77. The fraction of sp³-hybridized carbons (Fsp3) is 0.714. The standard InChI is InChI=1S/C14H25N3O/c1-11-3-4-13(18-11)14(16-2)12-5-8-17(9-6-12)10-7-15/h3-4,12,14,16H,5-10,15H2,1-2H3. The highest BCUT2D eigenvalue weighted by molar-refractivity contribution is 5.11. The van der Waals surface area contributed by atoms with E-state index in [1.54, 1.807) is 0 Å². The Balaban J connectivity index is 1.94. The van der Waals surface area contributed by atoms with Crippen molar-refractivity contribution < 1.29 is 4.42 Å². The topological polar surface area (TPSA) is 54.4 Å². The van der Waals surface area contributed by atoms with Crippen LogP contribution in [-0.4, -0.2) is 38.1 Å². The van der Waals surface area contributed by atoms with Crippen molar-refractivity contribution in [2.75, 3.05) is 33.2 Å². The van der Waals surface area contributed by atoms with E-state index in [2.05, 4.69) is 16.3 Å². The fourth-order valence-corrected chi connectivity index (χ4v) is 2.92. The predicted octanol–water partition coefficient (Wildman–Crippen LogP) is 1.52. The van der Waals surface area contributed by atoms with E-state index in [4.69, 9.17) is 10.2 Å². The Bertz CT molecular complexity index is 356. The second kappa shape index (κ2) is 6.36. The zero-order valence-electron chi connectivity index (χ0n) is 11.5. The van der Waals surface area contributed by atoms with Crippen molar-refractivity contribution in [1.29, 1.82) is 0 Å². The van der Waals surface area contributed by atoms with Gasteiger partial charge in [-0.1, -0.05) is 0 Å². The number of hydrogen-bond acceptors (Lipinski definition) is 4. The van der Waals surface area contributed by atoms with Crippen molar-refractivity contribution in [1.82, 2.24) is 10.2 Å². The van der Waals surface area contributed by atoms with E-state index in [-0.39, 0.29) is 0 Å². The van der Waals surface area contributed by atoms with E-state index in [0.29, 0.717) is 12.0 Å². The molecule has 0 radical (unpaired) electrons. The number of nitrogens with zero attached hydrogens (tertiary/aromatic N) is 1. The summed E-state index contributed by atoms with van der Waals surface area (Å²) >= 11 is 0. The molecule has 1 aromatic heterocycles. The highest BCUT2D eigenvalue weighted by Gasteiger charge is 2.28. The first-order valence-corrected chi connectivity index (χ1v) is 6.90. The molecule has 18 heavy (non-hydrogen) atoms. The summed E-state index contributed by atoms with van der Waals surface area (Å²) in [5.41, 5.74) is 5.60. The normalized spacial score (nSPS) is 20.2. The Hall–Kier alpha value is -0.840. The summed E-state index contributed by atoms with van der Waals surface area (Å²) in [4.78, 5) is 2.45. The van der Waals surface area contributed by atoms with E-state index in [9.17, 15) is 0 Å². The molecule has 1 atom stereocenters. The molecule has 1 aliphatic heterocycles. The minimum Gasteiger partial charge on any atom is -0.465 e. The number of piperidine rings is 1. The summed E-state index contributed by atoms with van der Waals surface area (Å²) in [5.74, 6) is 2.73. The minimum absolute atomic E-state index is 0.346. The molecule has 3 N–H and O–H groups in total. The van der Waals surface area contributed by atoms with Gasteiger partial charge in [0, 0.05) is 13.1 Å². The van der Waals surface area contributed by atoms with Gasteiger partial charge in [-0.05, 0) is 58.0 Å². The molecule has 1 unspecified atom stereocenters. The van der Waals surface area contributed by atoms with Crippen LogP contribution in [-0.2, 0) is 0 Å². The van der Waals surface area contributed by atoms with Gasteiger partial charge >= 0.3 is 0 Å². The lowest BCUT2D eigenvalue weighted by molar-refractivity contribution is 0.156. The maximum Gasteiger partial charge on any atom is 0.121 e. The molecule has 102 valence electrons. The first-order chi connectivity index (χ1) is 8.74. The Morgan fingerprint density at radius 2 is 2.17 bits per heavy atom. The van der Waals surface area contributed by atoms with Crippen molar-refractivity contribution in [3.63, 3.8) is 0 Å². The molecule has 1 aromatic rings. The zero-order valence-corrected chi connectivity index (χ0v) is 11.5. The van der Waals surface area contributed by atoms with E-state index >= 15 is 0 Å². The number of nitrogens with one attached hydrogen (secondary N) is 1. The van der Waals surface area contributed by atoms with Crippen LogP contribution in [0.3, 0.4) is 0 Å². The summed E-state index contributed by atoms with van der Waals surface area (Å²) < 4.78 is 5.77. The first-order valence-electron chi connectivity index (χ1n) is 6.90. The molecule has 0 amide bonds. The van der Waals surface area contributed by atoms with Crippen molar-refractivity contribution in [2.45, 2.75) is 25.8 Å². The SMILES string of the molecule is CNC(c1ccc(C)o1)C1CCN(CCN)CC1. The fourth-order valence-electron chi connectivity index (χ4n) is 2.92. The van der Waals surface area contributed by atoms with Crippen LogP contribution in [0.15, 0.2) is 16.5 Å². The highest BCUT2D eigenvalue weighted by atomic mass is 16.3. The third kappa shape index (κ3) is 3.13. The lowest BCUT2D eigenvalue weighted by atomic mass is 9.88. The molecule has 0 bridgehead atoms. The zero-order chi connectivity index (χ0) is 13.0. The lowest BCUT2D eigenvalue weighted by Crippen LogP contribution is -2.40. The number of furan rings is 1. The largest absolute Gasteiger partial charge is 0.465 e. The highest BCUT2D eigenvalue weighted by Crippen LogP contribution is 2.31. The van der Waals surface area contributed by atoms with Crippen LogP contribution >= 0.6 is 0 Å². The van der Waals surface area contributed by atoms with Crippen molar-refractivity contribution in [3.05, 3.63) is 23.7 Å². The number of nitrogens with two attached hydrogens (primary N) is 1. The van der Waals surface area contributed by atoms with Crippen LogP contribution < -0.4 is 11.1 Å². The molecule has 1 saturated heterocycles. The van der Waals surface area contributed by atoms with Gasteiger partial charge in [-0.15, -0.1) is 0 Å². The number of aryl methyl sites for hydroxylation is 1. The molecule has 1 fully saturated rings. The number of likely N-dealkylation sites (tertiary alicyclic amines) is 1. The molecule has 4 heteroatoms. The summed E-state index contributed by atoms with van der Waals surface area (Å²) in [6, 6.07) is 4.49. The molecular formula is C14H25N3O. The van der Waals surface area contributed by atoms with Crippen LogP contribution in [0.5, 0.6) is 0 Å². The quantitative estimate of drug-likeness (QED) is 0.833. The van der Waals surface area contributed by atoms with Gasteiger partial charge in [0.25, 0.3) is 0 Å². The molecule has 0 aromatic carbocycles. The molecule has 1 aliphatic rings. The minimum atomic E-state index is 0.346. The average Bonchev–Trinajstić information content (AvgIpc) is 2.79. The second-order valence-corrected chi connectivity index (χ2v) is 5.18. The number of hydrogen-bond donors (Lipinski definition) is 2. The van der Waals surface area contributed by atoms with Crippen molar-refractivity contribution in [2.24, 2.45) is 11.7 Å². The molecular weight excluding hydrogens is 226 g/mol. The van der Waals surface area contributed by atoms with Crippen LogP contribution in [0.1, 0.15) is 30.4 Å².